The molecule has 0 aliphatic rings. The van der Waals surface area contributed by atoms with Crippen LogP contribution in [0.2, 0.25) is 10.0 Å². The topological polar surface area (TPSA) is 49.3 Å². The maximum Gasteiger partial charge on any atom is 0.331 e. The minimum absolute atomic E-state index is 0.0212. The van der Waals surface area contributed by atoms with Crippen molar-refractivity contribution < 1.29 is 9.90 Å². The van der Waals surface area contributed by atoms with Gasteiger partial charge in [-0.05, 0) is 31.0 Å². The number of benzene rings is 1. The maximum absolute atomic E-state index is 10.8. The highest BCUT2D eigenvalue weighted by atomic mass is 35.5. The Labute approximate surface area is 123 Å². The molecule has 0 spiro atoms. The summed E-state index contributed by atoms with van der Waals surface area (Å²) in [4.78, 5) is 10.8. The summed E-state index contributed by atoms with van der Waals surface area (Å²) in [6.07, 6.45) is 2.19. The van der Waals surface area contributed by atoms with E-state index in [0.29, 0.717) is 28.6 Å². The van der Waals surface area contributed by atoms with Crippen molar-refractivity contribution in [1.29, 1.82) is 0 Å². The Hall–Kier alpha value is -1.03. The van der Waals surface area contributed by atoms with E-state index >= 15 is 0 Å². The number of hydrogen-bond donors (Lipinski definition) is 2. The Morgan fingerprint density at radius 2 is 2.16 bits per heavy atom. The van der Waals surface area contributed by atoms with E-state index in [1.807, 2.05) is 19.9 Å². The first kappa shape index (κ1) is 16.0. The Morgan fingerprint density at radius 3 is 2.68 bits per heavy atom. The second-order valence-corrected chi connectivity index (χ2v) is 5.03. The molecule has 0 aliphatic heterocycles. The summed E-state index contributed by atoms with van der Waals surface area (Å²) in [5, 5.41) is 13.3. The molecule has 0 saturated carbocycles. The van der Waals surface area contributed by atoms with Crippen molar-refractivity contribution in [2.45, 2.75) is 26.3 Å². The zero-order valence-electron chi connectivity index (χ0n) is 10.9. The average Bonchev–Trinajstić information content (AvgIpc) is 2.33. The van der Waals surface area contributed by atoms with E-state index in [1.54, 1.807) is 18.2 Å². The fourth-order valence-corrected chi connectivity index (χ4v) is 2.28. The van der Waals surface area contributed by atoms with Crippen LogP contribution >= 0.6 is 23.2 Å². The smallest absolute Gasteiger partial charge is 0.331 e. The number of rotatable bonds is 6. The monoisotopic (exact) mass is 301 g/mol. The fourth-order valence-electron chi connectivity index (χ4n) is 1.70. The number of hydrogen-bond acceptors (Lipinski definition) is 2. The number of nitrogens with one attached hydrogen (secondary N) is 1. The van der Waals surface area contributed by atoms with E-state index in [4.69, 9.17) is 28.3 Å². The van der Waals surface area contributed by atoms with E-state index in [1.165, 1.54) is 0 Å². The van der Waals surface area contributed by atoms with E-state index in [2.05, 4.69) is 5.32 Å². The van der Waals surface area contributed by atoms with E-state index in [0.717, 1.165) is 5.56 Å². The summed E-state index contributed by atoms with van der Waals surface area (Å²) in [7, 11) is 0. The van der Waals surface area contributed by atoms with Gasteiger partial charge in [-0.15, -0.1) is 0 Å². The quantitative estimate of drug-likeness (QED) is 0.779. The molecule has 0 radical (unpaired) electrons. The van der Waals surface area contributed by atoms with Crippen LogP contribution in [0.1, 0.15) is 31.9 Å². The number of carboxylic acids is 1. The highest BCUT2D eigenvalue weighted by Gasteiger charge is 2.09. The maximum atomic E-state index is 10.8. The predicted molar refractivity (Wildman–Crippen MR) is 78.9 cm³/mol. The Kier molecular flexibility index (Phi) is 6.35. The zero-order chi connectivity index (χ0) is 14.4. The molecule has 1 unspecified atom stereocenters. The van der Waals surface area contributed by atoms with Crippen LogP contribution in [-0.4, -0.2) is 17.6 Å². The molecule has 3 nitrogen and oxygen atoms in total. The largest absolute Gasteiger partial charge is 0.478 e. The molecule has 1 atom stereocenters. The molecule has 1 rings (SSSR count). The minimum atomic E-state index is -0.874. The van der Waals surface area contributed by atoms with Crippen LogP contribution in [0.4, 0.5) is 0 Å². The number of carboxylic acid groups (broad SMARTS) is 1. The predicted octanol–water partition coefficient (Wildman–Crippen LogP) is 4.07. The lowest BCUT2D eigenvalue weighted by Gasteiger charge is -2.15. The van der Waals surface area contributed by atoms with Crippen LogP contribution in [-0.2, 0) is 4.79 Å². The summed E-state index contributed by atoms with van der Waals surface area (Å²) < 4.78 is 0. The summed E-state index contributed by atoms with van der Waals surface area (Å²) in [5.74, 6) is -0.874. The van der Waals surface area contributed by atoms with Gasteiger partial charge in [0, 0.05) is 28.2 Å². The number of aliphatic carboxylic acids is 1. The molecular formula is C14H17Cl2NO2. The lowest BCUT2D eigenvalue weighted by Crippen LogP contribution is -2.19. The van der Waals surface area contributed by atoms with Gasteiger partial charge >= 0.3 is 5.97 Å². The normalized spacial score (nSPS) is 13.4. The van der Waals surface area contributed by atoms with Gasteiger partial charge in [0.25, 0.3) is 0 Å². The SMILES string of the molecule is CC/C(=C/CNC(C)c1ccc(Cl)cc1Cl)C(=O)O. The van der Waals surface area contributed by atoms with Crippen LogP contribution in [0.3, 0.4) is 0 Å². The van der Waals surface area contributed by atoms with Gasteiger partial charge in [0.15, 0.2) is 0 Å². The average molecular weight is 302 g/mol. The fraction of sp³-hybridized carbons (Fsp3) is 0.357. The lowest BCUT2D eigenvalue weighted by molar-refractivity contribution is -0.132. The summed E-state index contributed by atoms with van der Waals surface area (Å²) in [6, 6.07) is 5.37. The molecule has 0 heterocycles. The van der Waals surface area contributed by atoms with Gasteiger partial charge in [-0.2, -0.15) is 0 Å². The molecule has 0 bridgehead atoms. The van der Waals surface area contributed by atoms with Gasteiger partial charge in [-0.25, -0.2) is 4.79 Å². The van der Waals surface area contributed by atoms with E-state index in [9.17, 15) is 4.79 Å². The van der Waals surface area contributed by atoms with Crippen molar-refractivity contribution >= 4 is 29.2 Å². The van der Waals surface area contributed by atoms with Crippen LogP contribution in [0, 0.1) is 0 Å². The Balaban J connectivity index is 2.65. The van der Waals surface area contributed by atoms with Gasteiger partial charge < -0.3 is 10.4 Å². The Bertz CT molecular complexity index is 486. The molecule has 0 aromatic heterocycles. The van der Waals surface area contributed by atoms with Crippen LogP contribution in [0.25, 0.3) is 0 Å². The highest BCUT2D eigenvalue weighted by Crippen LogP contribution is 2.25. The number of halogens is 2. The van der Waals surface area contributed by atoms with Gasteiger partial charge in [0.1, 0.15) is 0 Å². The van der Waals surface area contributed by atoms with Crippen molar-refractivity contribution in [3.05, 3.63) is 45.5 Å². The van der Waals surface area contributed by atoms with Crippen molar-refractivity contribution in [2.24, 2.45) is 0 Å². The van der Waals surface area contributed by atoms with Gasteiger partial charge in [0.05, 0.1) is 0 Å². The molecular weight excluding hydrogens is 285 g/mol. The molecule has 19 heavy (non-hydrogen) atoms. The molecule has 0 fully saturated rings. The van der Waals surface area contributed by atoms with Crippen LogP contribution in [0.15, 0.2) is 29.8 Å². The van der Waals surface area contributed by atoms with Gasteiger partial charge in [0.2, 0.25) is 0 Å². The van der Waals surface area contributed by atoms with E-state index < -0.39 is 5.97 Å². The van der Waals surface area contributed by atoms with E-state index in [-0.39, 0.29) is 6.04 Å². The van der Waals surface area contributed by atoms with Crippen molar-refractivity contribution in [3.63, 3.8) is 0 Å². The summed E-state index contributed by atoms with van der Waals surface area (Å²) >= 11 is 12.0. The van der Waals surface area contributed by atoms with Crippen LogP contribution < -0.4 is 5.32 Å². The standard InChI is InChI=1S/C14H17Cl2NO2/c1-3-10(14(18)19)6-7-17-9(2)12-5-4-11(15)8-13(12)16/h4-6,8-9,17H,3,7H2,1-2H3,(H,18,19)/b10-6-. The highest BCUT2D eigenvalue weighted by molar-refractivity contribution is 6.35. The number of carbonyl (C=O) groups is 1. The zero-order valence-corrected chi connectivity index (χ0v) is 12.4. The first-order valence-electron chi connectivity index (χ1n) is 6.06. The van der Waals surface area contributed by atoms with Crippen LogP contribution in [0.5, 0.6) is 0 Å². The third-order valence-electron chi connectivity index (χ3n) is 2.86. The lowest BCUT2D eigenvalue weighted by atomic mass is 10.1. The molecule has 0 amide bonds. The van der Waals surface area contributed by atoms with Crippen molar-refractivity contribution in [1.82, 2.24) is 5.32 Å². The third kappa shape index (κ3) is 4.86. The molecule has 2 N–H and O–H groups in total. The minimum Gasteiger partial charge on any atom is -0.478 e. The van der Waals surface area contributed by atoms with Crippen molar-refractivity contribution in [2.75, 3.05) is 6.54 Å². The summed E-state index contributed by atoms with van der Waals surface area (Å²) in [5.41, 5.74) is 1.34. The molecule has 0 saturated heterocycles. The third-order valence-corrected chi connectivity index (χ3v) is 3.42. The first-order chi connectivity index (χ1) is 8.95. The molecule has 5 heteroatoms. The second-order valence-electron chi connectivity index (χ2n) is 4.18. The first-order valence-corrected chi connectivity index (χ1v) is 6.82. The van der Waals surface area contributed by atoms with Gasteiger partial charge in [-0.1, -0.05) is 42.3 Å². The van der Waals surface area contributed by atoms with Gasteiger partial charge in [-0.3, -0.25) is 0 Å². The Morgan fingerprint density at radius 1 is 1.47 bits per heavy atom. The molecule has 1 aromatic carbocycles. The second kappa shape index (κ2) is 7.53. The van der Waals surface area contributed by atoms with Crippen molar-refractivity contribution in [3.8, 4) is 0 Å². The molecule has 1 aromatic rings. The molecule has 0 aliphatic carbocycles. The molecule has 104 valence electrons. The summed E-state index contributed by atoms with van der Waals surface area (Å²) in [6.45, 7) is 4.27.